The van der Waals surface area contributed by atoms with Crippen LogP contribution in [0.1, 0.15) is 43.4 Å². The Morgan fingerprint density at radius 3 is 2.81 bits per heavy atom. The van der Waals surface area contributed by atoms with Crippen LogP contribution in [0.5, 0.6) is 0 Å². The summed E-state index contributed by atoms with van der Waals surface area (Å²) >= 11 is 3.29. The van der Waals surface area contributed by atoms with Crippen molar-refractivity contribution < 1.29 is 19.1 Å². The van der Waals surface area contributed by atoms with Gasteiger partial charge in [-0.3, -0.25) is 9.59 Å². The van der Waals surface area contributed by atoms with Gasteiger partial charge in [-0.15, -0.1) is 0 Å². The lowest BCUT2D eigenvalue weighted by molar-refractivity contribution is -0.189. The van der Waals surface area contributed by atoms with Gasteiger partial charge in [0.25, 0.3) is 5.56 Å². The predicted molar refractivity (Wildman–Crippen MR) is 121 cm³/mol. The topological polar surface area (TPSA) is 87.5 Å². The van der Waals surface area contributed by atoms with Crippen molar-refractivity contribution in [1.29, 1.82) is 0 Å². The van der Waals surface area contributed by atoms with Crippen molar-refractivity contribution in [2.45, 2.75) is 50.3 Å². The first-order valence-electron chi connectivity index (χ1n) is 10.6. The highest BCUT2D eigenvalue weighted by atomic mass is 79.9. The summed E-state index contributed by atoms with van der Waals surface area (Å²) < 4.78 is 12.8. The van der Waals surface area contributed by atoms with Crippen molar-refractivity contribution in [2.75, 3.05) is 0 Å². The monoisotopic (exact) mass is 496 g/mol. The molecular formula is C24H21BrN2O5. The van der Waals surface area contributed by atoms with Crippen LogP contribution in [0.15, 0.2) is 41.2 Å². The maximum absolute atomic E-state index is 13.4. The Kier molecular flexibility index (Phi) is 4.93. The number of fused-ring (bicyclic) bond motifs is 5. The molecule has 2 aromatic heterocycles. The lowest BCUT2D eigenvalue weighted by atomic mass is 9.85. The van der Waals surface area contributed by atoms with E-state index in [2.05, 4.69) is 15.9 Å². The molecule has 0 saturated carbocycles. The van der Waals surface area contributed by atoms with E-state index in [1.807, 2.05) is 37.3 Å². The molecule has 0 bridgehead atoms. The normalized spacial score (nSPS) is 19.7. The maximum atomic E-state index is 13.4. The molecule has 3 aromatic rings. The number of alkyl halides is 1. The Morgan fingerprint density at radius 1 is 1.28 bits per heavy atom. The van der Waals surface area contributed by atoms with E-state index < -0.39 is 22.4 Å². The first kappa shape index (κ1) is 20.9. The van der Waals surface area contributed by atoms with Crippen LogP contribution in [0.2, 0.25) is 0 Å². The lowest BCUT2D eigenvalue weighted by Gasteiger charge is -2.36. The highest BCUT2D eigenvalue weighted by Gasteiger charge is 2.50. The number of halogens is 1. The molecule has 0 fully saturated rings. The van der Waals surface area contributed by atoms with Crippen LogP contribution in [0.4, 0.5) is 0 Å². The number of pyridine rings is 2. The van der Waals surface area contributed by atoms with Gasteiger partial charge in [-0.25, -0.2) is 9.78 Å². The van der Waals surface area contributed by atoms with Crippen LogP contribution >= 0.6 is 15.9 Å². The van der Waals surface area contributed by atoms with Crippen LogP contribution < -0.4 is 5.56 Å². The van der Waals surface area contributed by atoms with Crippen LogP contribution in [0, 0.1) is 0 Å². The number of aromatic nitrogens is 2. The highest BCUT2D eigenvalue weighted by Crippen LogP contribution is 2.41. The third-order valence-electron chi connectivity index (χ3n) is 6.27. The molecule has 0 amide bonds. The Labute approximate surface area is 192 Å². The average Bonchev–Trinajstić information content (AvgIpc) is 3.16. The Balaban J connectivity index is 1.72. The van der Waals surface area contributed by atoms with Gasteiger partial charge < -0.3 is 14.0 Å². The van der Waals surface area contributed by atoms with Crippen molar-refractivity contribution in [3.8, 4) is 11.4 Å². The van der Waals surface area contributed by atoms with Gasteiger partial charge in [0.05, 0.1) is 29.0 Å². The van der Waals surface area contributed by atoms with E-state index in [1.165, 1.54) is 0 Å². The van der Waals surface area contributed by atoms with E-state index in [0.29, 0.717) is 35.5 Å². The molecule has 0 saturated heterocycles. The van der Waals surface area contributed by atoms with Gasteiger partial charge in [0.1, 0.15) is 11.4 Å². The van der Waals surface area contributed by atoms with Crippen molar-refractivity contribution in [1.82, 2.24) is 9.55 Å². The number of benzene rings is 1. The number of esters is 2. The summed E-state index contributed by atoms with van der Waals surface area (Å²) in [6.07, 6.45) is 0.645. The van der Waals surface area contributed by atoms with Gasteiger partial charge in [0, 0.05) is 16.5 Å². The molecule has 2 aliphatic rings. The van der Waals surface area contributed by atoms with Crippen LogP contribution in [-0.4, -0.2) is 26.3 Å². The Bertz CT molecular complexity index is 1350. The number of para-hydroxylation sites is 1. The summed E-state index contributed by atoms with van der Waals surface area (Å²) in [4.78, 5) is 43.3. The standard InChI is InChI=1S/C24H21BrN2O5/c1-3-17(25)22(29)32-24(4-2)16-10-19-20-14(9-13-7-5-6-8-18(13)26-20)11-27(19)21(28)15(16)12-31-23(24)30/h5-10,17H,3-4,11-12H2,1-2H3/t17?,24-/m0/s1. The van der Waals surface area contributed by atoms with E-state index in [0.717, 1.165) is 16.5 Å². The van der Waals surface area contributed by atoms with Crippen molar-refractivity contribution in [3.63, 3.8) is 0 Å². The Hall–Kier alpha value is -3.00. The molecule has 1 aromatic carbocycles. The second-order valence-corrected chi connectivity index (χ2v) is 9.16. The molecule has 4 heterocycles. The highest BCUT2D eigenvalue weighted by molar-refractivity contribution is 9.10. The molecule has 1 unspecified atom stereocenters. The lowest BCUT2D eigenvalue weighted by Crippen LogP contribution is -2.48. The van der Waals surface area contributed by atoms with Crippen LogP contribution in [0.25, 0.3) is 22.3 Å². The zero-order chi connectivity index (χ0) is 22.6. The number of rotatable bonds is 4. The number of nitrogens with zero attached hydrogens (tertiary/aromatic N) is 2. The quantitative estimate of drug-likeness (QED) is 0.315. The predicted octanol–water partition coefficient (Wildman–Crippen LogP) is 3.80. The summed E-state index contributed by atoms with van der Waals surface area (Å²) in [5.74, 6) is -1.23. The molecule has 7 nitrogen and oxygen atoms in total. The third kappa shape index (κ3) is 2.92. The fourth-order valence-corrected chi connectivity index (χ4v) is 4.58. The molecule has 5 rings (SSSR count). The number of carbonyl (C=O) groups excluding carboxylic acids is 2. The molecule has 32 heavy (non-hydrogen) atoms. The summed E-state index contributed by atoms with van der Waals surface area (Å²) in [5, 5.41) is 0.996. The fourth-order valence-electron chi connectivity index (χ4n) is 4.48. The van der Waals surface area contributed by atoms with Crippen molar-refractivity contribution >= 4 is 38.8 Å². The van der Waals surface area contributed by atoms with E-state index in [9.17, 15) is 14.4 Å². The number of hydrogen-bond acceptors (Lipinski definition) is 6. The van der Waals surface area contributed by atoms with Crippen molar-refractivity contribution in [2.24, 2.45) is 0 Å². The van der Waals surface area contributed by atoms with E-state index in [-0.39, 0.29) is 18.6 Å². The third-order valence-corrected chi connectivity index (χ3v) is 7.29. The van der Waals surface area contributed by atoms with Crippen LogP contribution in [0.3, 0.4) is 0 Å². The van der Waals surface area contributed by atoms with Gasteiger partial charge in [0.2, 0.25) is 5.60 Å². The molecule has 164 valence electrons. The second-order valence-electron chi connectivity index (χ2n) is 8.06. The zero-order valence-corrected chi connectivity index (χ0v) is 19.3. The molecule has 0 radical (unpaired) electrons. The molecule has 0 N–H and O–H groups in total. The molecule has 0 aliphatic carbocycles. The molecule has 2 aliphatic heterocycles. The second kappa shape index (κ2) is 7.55. The van der Waals surface area contributed by atoms with Gasteiger partial charge in [-0.1, -0.05) is 48.0 Å². The summed E-state index contributed by atoms with van der Waals surface area (Å²) in [6, 6.07) is 11.6. The zero-order valence-electron chi connectivity index (χ0n) is 17.7. The maximum Gasteiger partial charge on any atom is 0.355 e. The summed E-state index contributed by atoms with van der Waals surface area (Å²) in [7, 11) is 0. The first-order chi connectivity index (χ1) is 15.4. The van der Waals surface area contributed by atoms with Gasteiger partial charge in [0.15, 0.2) is 0 Å². The van der Waals surface area contributed by atoms with Crippen LogP contribution in [-0.2, 0) is 37.8 Å². The number of ether oxygens (including phenoxy) is 2. The summed E-state index contributed by atoms with van der Waals surface area (Å²) in [5.41, 5.74) is 1.87. The van der Waals surface area contributed by atoms with Gasteiger partial charge in [-0.05, 0) is 31.0 Å². The minimum atomic E-state index is -1.67. The minimum absolute atomic E-state index is 0.148. The first-order valence-corrected chi connectivity index (χ1v) is 11.5. The van der Waals surface area contributed by atoms with Crippen molar-refractivity contribution in [3.05, 3.63) is 63.4 Å². The van der Waals surface area contributed by atoms with E-state index in [1.54, 1.807) is 17.6 Å². The van der Waals surface area contributed by atoms with Gasteiger partial charge >= 0.3 is 11.9 Å². The molecule has 2 atom stereocenters. The average molecular weight is 497 g/mol. The smallest absolute Gasteiger partial charge is 0.355 e. The van der Waals surface area contributed by atoms with E-state index >= 15 is 0 Å². The molecular weight excluding hydrogens is 476 g/mol. The molecule has 0 spiro atoms. The fraction of sp³-hybridized carbons (Fsp3) is 0.333. The number of cyclic esters (lactones) is 1. The largest absolute Gasteiger partial charge is 0.457 e. The van der Waals surface area contributed by atoms with Gasteiger partial charge in [-0.2, -0.15) is 0 Å². The number of hydrogen-bond donors (Lipinski definition) is 0. The van der Waals surface area contributed by atoms with E-state index in [4.69, 9.17) is 14.5 Å². The molecule has 8 heteroatoms. The summed E-state index contributed by atoms with van der Waals surface area (Å²) in [6.45, 7) is 3.81. The minimum Gasteiger partial charge on any atom is -0.457 e. The Morgan fingerprint density at radius 2 is 2.06 bits per heavy atom. The number of carbonyl (C=O) groups is 2. The SMILES string of the molecule is CCC(Br)C(=O)O[C@]1(CC)C(=O)OCc2c1cc1n(c2=O)Cc2cc3ccccc3nc2-1.